The second-order valence-electron chi connectivity index (χ2n) is 21.0. The van der Waals surface area contributed by atoms with Crippen molar-refractivity contribution in [1.29, 1.82) is 0 Å². The third kappa shape index (κ3) is 58.1. The summed E-state index contributed by atoms with van der Waals surface area (Å²) in [6, 6.07) is -0.862. The first-order chi connectivity index (χ1) is 37.0. The summed E-state index contributed by atoms with van der Waals surface area (Å²) in [6.45, 7) is 4.67. The molecule has 9 heteroatoms. The molecule has 76 heavy (non-hydrogen) atoms. The summed E-state index contributed by atoms with van der Waals surface area (Å²) in [5.74, 6) is -0.195. The number of carbonyl (C=O) groups excluding carboxylic acids is 1. The van der Waals surface area contributed by atoms with Gasteiger partial charge in [-0.2, -0.15) is 0 Å². The summed E-state index contributed by atoms with van der Waals surface area (Å²) in [6.07, 6.45) is 86.7. The molecule has 0 aliphatic carbocycles. The van der Waals surface area contributed by atoms with Gasteiger partial charge in [-0.05, 0) is 103 Å². The van der Waals surface area contributed by atoms with Gasteiger partial charge in [0.15, 0.2) is 0 Å². The Hall–Kier alpha value is -3.62. The lowest BCUT2D eigenvalue weighted by Crippen LogP contribution is -2.45. The molecule has 0 saturated carbocycles. The lowest BCUT2D eigenvalue weighted by Gasteiger charge is -2.25. The molecule has 3 N–H and O–H groups in total. The van der Waals surface area contributed by atoms with Gasteiger partial charge < -0.3 is 19.8 Å². The van der Waals surface area contributed by atoms with Crippen LogP contribution in [0, 0.1) is 0 Å². The van der Waals surface area contributed by atoms with Crippen LogP contribution < -0.4 is 5.32 Å². The van der Waals surface area contributed by atoms with Crippen molar-refractivity contribution in [3.8, 4) is 0 Å². The molecule has 8 nitrogen and oxygen atoms in total. The minimum Gasteiger partial charge on any atom is -0.387 e. The molecule has 3 atom stereocenters. The first-order valence-electron chi connectivity index (χ1n) is 30.2. The maximum Gasteiger partial charge on any atom is 0.472 e. The first kappa shape index (κ1) is 72.4. The first-order valence-corrected chi connectivity index (χ1v) is 31.7. The molecule has 0 aromatic carbocycles. The average Bonchev–Trinajstić information content (AvgIpc) is 3.38. The van der Waals surface area contributed by atoms with Crippen LogP contribution in [0.5, 0.6) is 0 Å². The van der Waals surface area contributed by atoms with E-state index >= 15 is 0 Å². The van der Waals surface area contributed by atoms with Gasteiger partial charge in [-0.1, -0.05) is 256 Å². The zero-order valence-corrected chi connectivity index (χ0v) is 50.1. The van der Waals surface area contributed by atoms with Crippen LogP contribution in [-0.4, -0.2) is 73.4 Å². The number of hydrogen-bond acceptors (Lipinski definition) is 5. The van der Waals surface area contributed by atoms with Crippen LogP contribution in [0.1, 0.15) is 219 Å². The van der Waals surface area contributed by atoms with Gasteiger partial charge in [0.25, 0.3) is 0 Å². The highest BCUT2D eigenvalue weighted by Gasteiger charge is 2.27. The highest BCUT2D eigenvalue weighted by Crippen LogP contribution is 2.43. The minimum absolute atomic E-state index is 0.0521. The van der Waals surface area contributed by atoms with Gasteiger partial charge in [-0.15, -0.1) is 0 Å². The number of aliphatic hydroxyl groups excluding tert-OH is 1. The SMILES string of the molecule is CC/C=C\C/C=C\C/C=C\C/C=C\C/C=C\C/C=C\C/C=C\C/C=C\C/C=C\C/C=C\C/C=C\CCCCCCCCCC(=O)NC(COP(=O)(O)OCC[N+](C)(C)C)C(O)/C=C/CCCCCCCCCCCCC. The molecule has 432 valence electrons. The molecule has 1 amide bonds. The van der Waals surface area contributed by atoms with E-state index in [9.17, 15) is 19.4 Å². The van der Waals surface area contributed by atoms with Gasteiger partial charge in [0, 0.05) is 6.42 Å². The number of allylic oxidation sites excluding steroid dienone is 23. The number of quaternary nitrogens is 1. The number of likely N-dealkylation sites (N-methyl/N-ethyl adjacent to an activating group) is 1. The number of amides is 1. The van der Waals surface area contributed by atoms with Crippen LogP contribution in [0.15, 0.2) is 146 Å². The van der Waals surface area contributed by atoms with E-state index in [0.717, 1.165) is 122 Å². The molecule has 0 bridgehead atoms. The summed E-state index contributed by atoms with van der Waals surface area (Å²) in [5.41, 5.74) is 0. The van der Waals surface area contributed by atoms with Gasteiger partial charge in [0.1, 0.15) is 13.2 Å². The Morgan fingerprint density at radius 2 is 0.789 bits per heavy atom. The van der Waals surface area contributed by atoms with Crippen molar-refractivity contribution in [3.63, 3.8) is 0 Å². The fraction of sp³-hybridized carbons (Fsp3) is 0.627. The second-order valence-corrected chi connectivity index (χ2v) is 22.4. The summed E-state index contributed by atoms with van der Waals surface area (Å²) in [5, 5.41) is 13.9. The number of aliphatic hydroxyl groups is 1. The maximum absolute atomic E-state index is 13.0. The van der Waals surface area contributed by atoms with Crippen LogP contribution in [0.4, 0.5) is 0 Å². The zero-order valence-electron chi connectivity index (χ0n) is 49.2. The van der Waals surface area contributed by atoms with Crippen LogP contribution in [0.3, 0.4) is 0 Å². The van der Waals surface area contributed by atoms with E-state index in [1.807, 2.05) is 27.2 Å². The molecule has 0 aromatic rings. The molecule has 0 radical (unpaired) electrons. The molecule has 0 aromatic heterocycles. The Morgan fingerprint density at radius 3 is 1.16 bits per heavy atom. The summed E-state index contributed by atoms with van der Waals surface area (Å²) in [7, 11) is 1.54. The molecule has 0 rings (SSSR count). The predicted octanol–water partition coefficient (Wildman–Crippen LogP) is 18.9. The smallest absolute Gasteiger partial charge is 0.387 e. The molecule has 0 aliphatic rings. The molecule has 0 aliphatic heterocycles. The van der Waals surface area contributed by atoms with Crippen molar-refractivity contribution in [1.82, 2.24) is 5.32 Å². The number of nitrogens with zero attached hydrogens (tertiary/aromatic N) is 1. The van der Waals surface area contributed by atoms with E-state index < -0.39 is 20.0 Å². The monoisotopic (exact) mass is 1070 g/mol. The number of phosphoric ester groups is 1. The molecular weight excluding hydrogens is 960 g/mol. The molecule has 0 saturated heterocycles. The van der Waals surface area contributed by atoms with Gasteiger partial charge in [-0.25, -0.2) is 4.57 Å². The van der Waals surface area contributed by atoms with Crippen LogP contribution in [0.25, 0.3) is 0 Å². The number of carbonyl (C=O) groups is 1. The lowest BCUT2D eigenvalue weighted by molar-refractivity contribution is -0.870. The normalized spacial score (nSPS) is 14.9. The van der Waals surface area contributed by atoms with Crippen LogP contribution in [0.2, 0.25) is 0 Å². The fourth-order valence-electron chi connectivity index (χ4n) is 7.87. The third-order valence-electron chi connectivity index (χ3n) is 12.6. The zero-order chi connectivity index (χ0) is 55.6. The molecular formula is C67H114N2O6P+. The van der Waals surface area contributed by atoms with E-state index in [0.29, 0.717) is 17.4 Å². The molecule has 3 unspecified atom stereocenters. The third-order valence-corrected chi connectivity index (χ3v) is 13.5. The number of hydrogen-bond donors (Lipinski definition) is 3. The van der Waals surface area contributed by atoms with Crippen molar-refractivity contribution < 1.29 is 32.9 Å². The number of rotatable bonds is 53. The van der Waals surface area contributed by atoms with Gasteiger partial charge in [-0.3, -0.25) is 13.8 Å². The lowest BCUT2D eigenvalue weighted by atomic mass is 10.0. The van der Waals surface area contributed by atoms with E-state index in [1.54, 1.807) is 6.08 Å². The van der Waals surface area contributed by atoms with Gasteiger partial charge in [0.2, 0.25) is 5.91 Å². The van der Waals surface area contributed by atoms with Gasteiger partial charge >= 0.3 is 7.82 Å². The Kier molecular flexibility index (Phi) is 53.4. The standard InChI is InChI=1S/C67H113N2O6P/c1-6-8-10-12-14-16-18-20-21-22-23-24-25-26-27-28-29-30-31-32-33-34-35-36-37-38-39-40-41-42-43-44-45-46-47-49-51-53-55-57-59-61-67(71)68-65(64-75-76(72,73)74-63-62-69(3,4)5)66(70)60-58-56-54-52-50-48-19-17-15-13-11-9-7-2/h8,10,14,16,20-21,23-24,26-27,29-30,32-33,35-36,38-39,41-42,44-45,58,60,65-66,70H,6-7,9,11-13,15,17-19,22,25,28,31,34,37,40,43,46-57,59,61-64H2,1-5H3,(H-,68,71,72,73)/p+1/b10-8-,16-14-,21-20-,24-23-,27-26-,30-29-,33-32-,36-35-,39-38-,42-41-,45-44-,60-58+. The molecule has 0 fully saturated rings. The Bertz CT molecular complexity index is 1740. The Balaban J connectivity index is 4.13. The largest absolute Gasteiger partial charge is 0.472 e. The predicted molar refractivity (Wildman–Crippen MR) is 331 cm³/mol. The van der Waals surface area contributed by atoms with Crippen molar-refractivity contribution in [2.45, 2.75) is 231 Å². The van der Waals surface area contributed by atoms with Crippen LogP contribution >= 0.6 is 7.82 Å². The van der Waals surface area contributed by atoms with Crippen molar-refractivity contribution >= 4 is 13.7 Å². The highest BCUT2D eigenvalue weighted by molar-refractivity contribution is 7.47. The van der Waals surface area contributed by atoms with Crippen molar-refractivity contribution in [3.05, 3.63) is 146 Å². The molecule has 0 heterocycles. The number of phosphoric acid groups is 1. The van der Waals surface area contributed by atoms with E-state index in [1.165, 1.54) is 77.0 Å². The second kappa shape index (κ2) is 56.1. The summed E-state index contributed by atoms with van der Waals surface area (Å²) in [4.78, 5) is 23.3. The average molecular weight is 1070 g/mol. The van der Waals surface area contributed by atoms with Crippen molar-refractivity contribution in [2.24, 2.45) is 0 Å². The van der Waals surface area contributed by atoms with E-state index in [2.05, 4.69) is 153 Å². The van der Waals surface area contributed by atoms with E-state index in [-0.39, 0.29) is 19.1 Å². The minimum atomic E-state index is -4.36. The summed E-state index contributed by atoms with van der Waals surface area (Å²) >= 11 is 0. The van der Waals surface area contributed by atoms with Crippen LogP contribution in [-0.2, 0) is 18.4 Å². The van der Waals surface area contributed by atoms with Crippen molar-refractivity contribution in [2.75, 3.05) is 40.9 Å². The number of nitrogens with one attached hydrogen (secondary N) is 1. The Morgan fingerprint density at radius 1 is 0.461 bits per heavy atom. The summed E-state index contributed by atoms with van der Waals surface area (Å²) < 4.78 is 23.7. The number of unbranched alkanes of at least 4 members (excludes halogenated alkanes) is 18. The quantitative estimate of drug-likeness (QED) is 0.0243. The highest BCUT2D eigenvalue weighted by atomic mass is 31.2. The van der Waals surface area contributed by atoms with Gasteiger partial charge in [0.05, 0.1) is 39.9 Å². The molecule has 0 spiro atoms. The maximum atomic E-state index is 13.0. The fourth-order valence-corrected chi connectivity index (χ4v) is 8.60. The Labute approximate surface area is 468 Å². The topological polar surface area (TPSA) is 105 Å². The van der Waals surface area contributed by atoms with E-state index in [4.69, 9.17) is 9.05 Å².